The van der Waals surface area contributed by atoms with Crippen molar-refractivity contribution in [3.8, 4) is 0 Å². The Morgan fingerprint density at radius 3 is 1.64 bits per heavy atom. The third-order valence-corrected chi connectivity index (χ3v) is 10.4. The highest BCUT2D eigenvalue weighted by Crippen LogP contribution is 2.31. The number of para-hydroxylation sites is 2. The minimum absolute atomic E-state index is 0.199. The van der Waals surface area contributed by atoms with Crippen molar-refractivity contribution < 1.29 is 22.4 Å². The van der Waals surface area contributed by atoms with Crippen molar-refractivity contribution in [3.05, 3.63) is 132 Å². The van der Waals surface area contributed by atoms with E-state index in [1.807, 2.05) is 89.8 Å². The Morgan fingerprint density at radius 1 is 0.534 bits per heavy atom. The van der Waals surface area contributed by atoms with Crippen LogP contribution in [0.1, 0.15) is 11.1 Å². The normalized spacial score (nSPS) is 14.6. The van der Waals surface area contributed by atoms with Gasteiger partial charge in [0.1, 0.15) is 4.90 Å². The number of morpholine rings is 2. The molecule has 58 heavy (non-hydrogen) atoms. The molecule has 0 radical (unpaired) electrons. The van der Waals surface area contributed by atoms with Crippen LogP contribution >= 0.6 is 0 Å². The van der Waals surface area contributed by atoms with Gasteiger partial charge in [0.05, 0.1) is 26.4 Å². The molecule has 0 spiro atoms. The average molecular weight is 798 g/mol. The molecule has 0 amide bonds. The second-order valence-electron chi connectivity index (χ2n) is 13.7. The third-order valence-electron chi connectivity index (χ3n) is 9.51. The number of anilines is 10. The number of hydrogen-bond donors (Lipinski definition) is 5. The van der Waals surface area contributed by atoms with E-state index in [0.29, 0.717) is 62.7 Å². The van der Waals surface area contributed by atoms with E-state index in [1.165, 1.54) is 6.07 Å². The first kappa shape index (κ1) is 38.4. The Morgan fingerprint density at radius 2 is 1.05 bits per heavy atom. The second-order valence-corrected chi connectivity index (χ2v) is 15.1. The van der Waals surface area contributed by atoms with Crippen molar-refractivity contribution in [3.63, 3.8) is 0 Å². The lowest BCUT2D eigenvalue weighted by molar-refractivity contribution is 0.122. The molecule has 15 heteroatoms. The average Bonchev–Trinajstić information content (AvgIpc) is 3.24. The summed E-state index contributed by atoms with van der Waals surface area (Å²) in [4.78, 5) is 17.8. The zero-order valence-corrected chi connectivity index (χ0v) is 32.4. The van der Waals surface area contributed by atoms with E-state index in [1.54, 1.807) is 24.3 Å². The summed E-state index contributed by atoms with van der Waals surface area (Å²) in [5, 5.41) is 13.4. The van der Waals surface area contributed by atoms with Gasteiger partial charge in [-0.1, -0.05) is 66.7 Å². The van der Waals surface area contributed by atoms with E-state index in [4.69, 9.17) is 9.47 Å². The molecular weight excluding hydrogens is 755 g/mol. The van der Waals surface area contributed by atoms with E-state index in [9.17, 15) is 13.0 Å². The zero-order valence-electron chi connectivity index (χ0n) is 31.6. The van der Waals surface area contributed by atoms with Gasteiger partial charge in [0.2, 0.25) is 17.8 Å². The fourth-order valence-electron chi connectivity index (χ4n) is 6.61. The molecule has 2 saturated heterocycles. The zero-order chi connectivity index (χ0) is 39.7. The monoisotopic (exact) mass is 797 g/mol. The summed E-state index contributed by atoms with van der Waals surface area (Å²) in [6, 6.07) is 38.4. The molecule has 5 N–H and O–H groups in total. The molecule has 5 aromatic carbocycles. The molecule has 0 unspecified atom stereocenters. The molecule has 0 aliphatic carbocycles. The Balaban J connectivity index is 0.994. The lowest BCUT2D eigenvalue weighted by atomic mass is 10.1. The quantitative estimate of drug-likeness (QED) is 0.0565. The molecule has 0 bridgehead atoms. The standard InChI is InChI=1S/C43H43N9O5S/c53-58(54,55)40-30-36(47-42-48-41(46-34-9-5-2-6-10-34)49-43(50-42)52-21-25-57-26-22-52)18-15-32(40)14-11-31-12-16-35(17-13-31)45-38-27-37(44-33-7-3-1-4-8-33)28-39(29-38)51-19-23-56-24-20-51/h1-18,27-30,44-45H,19-26H2,(H,53,54,55)(H2,46,47,48,49,50). The van der Waals surface area contributed by atoms with E-state index >= 15 is 0 Å². The van der Waals surface area contributed by atoms with Crippen LogP contribution in [0.15, 0.2) is 126 Å². The number of ether oxygens (including phenoxy) is 2. The van der Waals surface area contributed by atoms with Gasteiger partial charge in [0.15, 0.2) is 0 Å². The number of aromatic nitrogens is 3. The predicted molar refractivity (Wildman–Crippen MR) is 230 cm³/mol. The highest BCUT2D eigenvalue weighted by atomic mass is 32.2. The van der Waals surface area contributed by atoms with E-state index in [-0.39, 0.29) is 10.8 Å². The first-order valence-electron chi connectivity index (χ1n) is 19.0. The first-order chi connectivity index (χ1) is 28.3. The maximum absolute atomic E-state index is 12.7. The summed E-state index contributed by atoms with van der Waals surface area (Å²) in [6.07, 6.45) is 3.45. The second kappa shape index (κ2) is 17.7. The minimum atomic E-state index is -4.61. The van der Waals surface area contributed by atoms with Crippen molar-refractivity contribution in [2.75, 3.05) is 83.7 Å². The number of benzene rings is 5. The van der Waals surface area contributed by atoms with Crippen LogP contribution in [0.25, 0.3) is 12.2 Å². The fourth-order valence-corrected chi connectivity index (χ4v) is 7.32. The molecule has 2 fully saturated rings. The van der Waals surface area contributed by atoms with Gasteiger partial charge < -0.3 is 40.5 Å². The van der Waals surface area contributed by atoms with Gasteiger partial charge in [-0.05, 0) is 77.9 Å². The summed E-state index contributed by atoms with van der Waals surface area (Å²) in [5.74, 6) is 0.957. The highest BCUT2D eigenvalue weighted by Gasteiger charge is 2.19. The third kappa shape index (κ3) is 10.1. The molecule has 1 aromatic heterocycles. The summed E-state index contributed by atoms with van der Waals surface area (Å²) in [6.45, 7) is 5.31. The molecular formula is C43H43N9O5S. The smallest absolute Gasteiger partial charge is 0.295 e. The van der Waals surface area contributed by atoms with Crippen LogP contribution in [0.4, 0.5) is 57.7 Å². The van der Waals surface area contributed by atoms with Gasteiger partial charge in [-0.25, -0.2) is 0 Å². The van der Waals surface area contributed by atoms with Crippen molar-refractivity contribution >= 4 is 79.9 Å². The summed E-state index contributed by atoms with van der Waals surface area (Å²) >= 11 is 0. The minimum Gasteiger partial charge on any atom is -0.378 e. The lowest BCUT2D eigenvalue weighted by Crippen LogP contribution is -2.37. The molecule has 0 saturated carbocycles. The molecule has 6 aromatic rings. The van der Waals surface area contributed by atoms with Gasteiger partial charge in [0, 0.05) is 66.0 Å². The lowest BCUT2D eigenvalue weighted by Gasteiger charge is -2.29. The van der Waals surface area contributed by atoms with Crippen molar-refractivity contribution in [2.45, 2.75) is 4.90 Å². The molecule has 296 valence electrons. The Bertz CT molecular complexity index is 2460. The number of rotatable bonds is 13. The van der Waals surface area contributed by atoms with Crippen LogP contribution in [-0.2, 0) is 19.6 Å². The molecule has 8 rings (SSSR count). The van der Waals surface area contributed by atoms with E-state index < -0.39 is 10.1 Å². The highest BCUT2D eigenvalue weighted by molar-refractivity contribution is 7.86. The summed E-state index contributed by atoms with van der Waals surface area (Å²) in [5.41, 5.74) is 7.17. The first-order valence-corrected chi connectivity index (χ1v) is 20.4. The van der Waals surface area contributed by atoms with Crippen molar-refractivity contribution in [1.82, 2.24) is 15.0 Å². The SMILES string of the molecule is O=S(=O)(O)c1cc(Nc2nc(Nc3ccccc3)nc(N3CCOCC3)n2)ccc1C=Cc1ccc(Nc2cc(Nc3ccccc3)cc(N3CCOCC3)c2)cc1. The van der Waals surface area contributed by atoms with Crippen LogP contribution in [0.2, 0.25) is 0 Å². The van der Waals surface area contributed by atoms with Gasteiger partial charge >= 0.3 is 0 Å². The molecule has 0 atom stereocenters. The summed E-state index contributed by atoms with van der Waals surface area (Å²) < 4.78 is 46.7. The van der Waals surface area contributed by atoms with Crippen molar-refractivity contribution in [2.24, 2.45) is 0 Å². The number of nitrogens with one attached hydrogen (secondary N) is 4. The van der Waals surface area contributed by atoms with Crippen LogP contribution in [0, 0.1) is 0 Å². The van der Waals surface area contributed by atoms with Gasteiger partial charge in [-0.3, -0.25) is 4.55 Å². The predicted octanol–water partition coefficient (Wildman–Crippen LogP) is 7.94. The van der Waals surface area contributed by atoms with E-state index in [2.05, 4.69) is 59.3 Å². The maximum Gasteiger partial charge on any atom is 0.295 e. The molecule has 2 aliphatic heterocycles. The molecule has 14 nitrogen and oxygen atoms in total. The van der Waals surface area contributed by atoms with E-state index in [0.717, 1.165) is 52.8 Å². The summed E-state index contributed by atoms with van der Waals surface area (Å²) in [7, 11) is -4.61. The topological polar surface area (TPSA) is 166 Å². The van der Waals surface area contributed by atoms with Gasteiger partial charge in [-0.15, -0.1) is 0 Å². The van der Waals surface area contributed by atoms with Gasteiger partial charge in [0.25, 0.3) is 10.1 Å². The van der Waals surface area contributed by atoms with Crippen LogP contribution in [-0.4, -0.2) is 80.5 Å². The van der Waals surface area contributed by atoms with Gasteiger partial charge in [-0.2, -0.15) is 23.4 Å². The Labute approximate surface area is 337 Å². The Kier molecular flexibility index (Phi) is 11.7. The largest absolute Gasteiger partial charge is 0.378 e. The Hall–Kier alpha value is -6.52. The van der Waals surface area contributed by atoms with Crippen LogP contribution < -0.4 is 31.1 Å². The molecule has 2 aliphatic rings. The fraction of sp³-hybridized carbons (Fsp3) is 0.186. The number of nitrogens with zero attached hydrogens (tertiary/aromatic N) is 5. The molecule has 3 heterocycles. The van der Waals surface area contributed by atoms with Crippen molar-refractivity contribution in [1.29, 1.82) is 0 Å². The number of hydrogen-bond acceptors (Lipinski definition) is 13. The van der Waals surface area contributed by atoms with Crippen LogP contribution in [0.3, 0.4) is 0 Å². The maximum atomic E-state index is 12.7. The van der Waals surface area contributed by atoms with Crippen LogP contribution in [0.5, 0.6) is 0 Å².